The summed E-state index contributed by atoms with van der Waals surface area (Å²) in [6, 6.07) is 3.97. The Hall–Kier alpha value is -1.09. The van der Waals surface area contributed by atoms with Crippen molar-refractivity contribution in [3.05, 3.63) is 24.0 Å². The summed E-state index contributed by atoms with van der Waals surface area (Å²) in [6.45, 7) is 0. The van der Waals surface area contributed by atoms with E-state index < -0.39 is 0 Å². The minimum atomic E-state index is 0.117. The summed E-state index contributed by atoms with van der Waals surface area (Å²) in [6.07, 6.45) is 4.21. The first-order valence-corrected chi connectivity index (χ1v) is 4.57. The van der Waals surface area contributed by atoms with E-state index in [4.69, 9.17) is 10.5 Å². The van der Waals surface area contributed by atoms with Crippen molar-refractivity contribution in [3.8, 4) is 5.75 Å². The third-order valence-corrected chi connectivity index (χ3v) is 2.47. The van der Waals surface area contributed by atoms with Crippen molar-refractivity contribution in [3.63, 3.8) is 0 Å². The molecule has 0 aromatic carbocycles. The quantitative estimate of drug-likeness (QED) is 0.763. The number of rotatable bonds is 3. The van der Waals surface area contributed by atoms with Gasteiger partial charge >= 0.3 is 0 Å². The lowest BCUT2D eigenvalue weighted by atomic mass is 10.1. The highest BCUT2D eigenvalue weighted by Gasteiger charge is 2.30. The van der Waals surface area contributed by atoms with Gasteiger partial charge in [0.2, 0.25) is 0 Å². The summed E-state index contributed by atoms with van der Waals surface area (Å²) in [4.78, 5) is 4.26. The van der Waals surface area contributed by atoms with Gasteiger partial charge in [-0.15, -0.1) is 0 Å². The number of aromatic nitrogens is 1. The Labute approximate surface area is 77.9 Å². The summed E-state index contributed by atoms with van der Waals surface area (Å²) in [5.74, 6) is 1.44. The Morgan fingerprint density at radius 1 is 1.54 bits per heavy atom. The Kier molecular flexibility index (Phi) is 2.19. The summed E-state index contributed by atoms with van der Waals surface area (Å²) < 4.78 is 5.02. The molecule has 1 aromatic heterocycles. The maximum absolute atomic E-state index is 5.99. The molecule has 0 amide bonds. The molecule has 1 atom stereocenters. The van der Waals surface area contributed by atoms with Crippen LogP contribution in [-0.2, 0) is 0 Å². The number of hydrogen-bond donors (Lipinski definition) is 1. The van der Waals surface area contributed by atoms with Gasteiger partial charge in [0.05, 0.1) is 19.0 Å². The zero-order valence-electron chi connectivity index (χ0n) is 7.73. The number of pyridine rings is 1. The van der Waals surface area contributed by atoms with Crippen LogP contribution in [-0.4, -0.2) is 12.1 Å². The zero-order valence-corrected chi connectivity index (χ0v) is 7.73. The fraction of sp³-hybridized carbons (Fsp3) is 0.500. The van der Waals surface area contributed by atoms with Crippen LogP contribution in [0.3, 0.4) is 0 Å². The average molecular weight is 178 g/mol. The van der Waals surface area contributed by atoms with Crippen molar-refractivity contribution < 1.29 is 4.74 Å². The standard InChI is InChI=1S/C10H14N2O/c1-13-8-4-5-9(12-6-8)10(11)7-2-3-7/h4-7,10H,2-3,11H2,1H3/t10-/m1/s1. The van der Waals surface area contributed by atoms with E-state index in [2.05, 4.69) is 4.98 Å². The maximum atomic E-state index is 5.99. The van der Waals surface area contributed by atoms with Crippen LogP contribution >= 0.6 is 0 Å². The van der Waals surface area contributed by atoms with Gasteiger partial charge in [0.15, 0.2) is 0 Å². The van der Waals surface area contributed by atoms with Crippen LogP contribution in [0.4, 0.5) is 0 Å². The lowest BCUT2D eigenvalue weighted by Crippen LogP contribution is -2.13. The predicted molar refractivity (Wildman–Crippen MR) is 50.4 cm³/mol. The molecule has 0 aliphatic heterocycles. The molecule has 2 rings (SSSR count). The smallest absolute Gasteiger partial charge is 0.137 e. The van der Waals surface area contributed by atoms with Crippen molar-refractivity contribution in [1.29, 1.82) is 0 Å². The van der Waals surface area contributed by atoms with Gasteiger partial charge in [-0.1, -0.05) is 0 Å². The second-order valence-corrected chi connectivity index (χ2v) is 3.49. The average Bonchev–Trinajstić information content (AvgIpc) is 3.00. The van der Waals surface area contributed by atoms with E-state index >= 15 is 0 Å². The van der Waals surface area contributed by atoms with Crippen LogP contribution < -0.4 is 10.5 Å². The second-order valence-electron chi connectivity index (χ2n) is 3.49. The third kappa shape index (κ3) is 1.80. The van der Waals surface area contributed by atoms with Crippen LogP contribution in [0.2, 0.25) is 0 Å². The van der Waals surface area contributed by atoms with Crippen molar-refractivity contribution in [1.82, 2.24) is 4.98 Å². The summed E-state index contributed by atoms with van der Waals surface area (Å²) >= 11 is 0. The number of hydrogen-bond acceptors (Lipinski definition) is 3. The molecule has 1 aliphatic rings. The lowest BCUT2D eigenvalue weighted by Gasteiger charge is -2.09. The van der Waals surface area contributed by atoms with Crippen LogP contribution in [0.1, 0.15) is 24.6 Å². The molecule has 0 unspecified atom stereocenters. The van der Waals surface area contributed by atoms with E-state index in [1.54, 1.807) is 13.3 Å². The molecule has 3 heteroatoms. The van der Waals surface area contributed by atoms with Gasteiger partial charge in [0, 0.05) is 6.04 Å². The van der Waals surface area contributed by atoms with E-state index in [-0.39, 0.29) is 6.04 Å². The third-order valence-electron chi connectivity index (χ3n) is 2.47. The molecule has 1 fully saturated rings. The van der Waals surface area contributed by atoms with Gasteiger partial charge in [-0.2, -0.15) is 0 Å². The lowest BCUT2D eigenvalue weighted by molar-refractivity contribution is 0.412. The van der Waals surface area contributed by atoms with Gasteiger partial charge in [0.1, 0.15) is 5.75 Å². The highest BCUT2D eigenvalue weighted by atomic mass is 16.5. The molecular weight excluding hydrogens is 164 g/mol. The molecule has 1 aliphatic carbocycles. The van der Waals surface area contributed by atoms with Crippen molar-refractivity contribution in [2.45, 2.75) is 18.9 Å². The minimum Gasteiger partial charge on any atom is -0.495 e. The summed E-state index contributed by atoms with van der Waals surface area (Å²) in [7, 11) is 1.64. The normalized spacial score (nSPS) is 18.3. The van der Waals surface area contributed by atoms with E-state index in [1.165, 1.54) is 12.8 Å². The Morgan fingerprint density at radius 2 is 2.31 bits per heavy atom. The van der Waals surface area contributed by atoms with Crippen LogP contribution in [0.15, 0.2) is 18.3 Å². The van der Waals surface area contributed by atoms with Gasteiger partial charge in [-0.25, -0.2) is 0 Å². The molecule has 3 nitrogen and oxygen atoms in total. The van der Waals surface area contributed by atoms with Crippen molar-refractivity contribution >= 4 is 0 Å². The van der Waals surface area contributed by atoms with E-state index in [0.29, 0.717) is 5.92 Å². The van der Waals surface area contributed by atoms with E-state index in [9.17, 15) is 0 Å². The molecule has 1 aromatic rings. The summed E-state index contributed by atoms with van der Waals surface area (Å²) in [5.41, 5.74) is 6.96. The van der Waals surface area contributed by atoms with Gasteiger partial charge in [-0.05, 0) is 30.9 Å². The molecule has 1 heterocycles. The van der Waals surface area contributed by atoms with E-state index in [1.807, 2.05) is 12.1 Å². The highest BCUT2D eigenvalue weighted by Crippen LogP contribution is 2.38. The number of nitrogens with zero attached hydrogens (tertiary/aromatic N) is 1. The number of nitrogens with two attached hydrogens (primary N) is 1. The topological polar surface area (TPSA) is 48.1 Å². The first-order valence-electron chi connectivity index (χ1n) is 4.57. The first kappa shape index (κ1) is 8.51. The predicted octanol–water partition coefficient (Wildman–Crippen LogP) is 1.50. The minimum absolute atomic E-state index is 0.117. The molecule has 0 bridgehead atoms. The number of methoxy groups -OCH3 is 1. The van der Waals surface area contributed by atoms with Gasteiger partial charge < -0.3 is 10.5 Å². The van der Waals surface area contributed by atoms with Gasteiger partial charge in [0.25, 0.3) is 0 Å². The fourth-order valence-electron chi connectivity index (χ4n) is 1.41. The molecule has 0 saturated heterocycles. The SMILES string of the molecule is COc1ccc([C@H](N)C2CC2)nc1. The maximum Gasteiger partial charge on any atom is 0.137 e. The first-order chi connectivity index (χ1) is 6.31. The highest BCUT2D eigenvalue weighted by molar-refractivity contribution is 5.22. The largest absolute Gasteiger partial charge is 0.495 e. The molecule has 2 N–H and O–H groups in total. The Balaban J connectivity index is 2.11. The molecule has 0 spiro atoms. The summed E-state index contributed by atoms with van der Waals surface area (Å²) in [5, 5.41) is 0. The number of ether oxygens (including phenoxy) is 1. The monoisotopic (exact) mass is 178 g/mol. The van der Waals surface area contributed by atoms with Crippen molar-refractivity contribution in [2.24, 2.45) is 11.7 Å². The van der Waals surface area contributed by atoms with Gasteiger partial charge in [-0.3, -0.25) is 4.98 Å². The molecular formula is C10H14N2O. The zero-order chi connectivity index (χ0) is 9.26. The van der Waals surface area contributed by atoms with Crippen LogP contribution in [0.5, 0.6) is 5.75 Å². The van der Waals surface area contributed by atoms with Crippen LogP contribution in [0.25, 0.3) is 0 Å². The Morgan fingerprint density at radius 3 is 2.77 bits per heavy atom. The van der Waals surface area contributed by atoms with Crippen molar-refractivity contribution in [2.75, 3.05) is 7.11 Å². The molecule has 1 saturated carbocycles. The Bertz CT molecular complexity index is 279. The van der Waals surface area contributed by atoms with E-state index in [0.717, 1.165) is 11.4 Å². The molecule has 13 heavy (non-hydrogen) atoms. The molecule has 70 valence electrons. The fourth-order valence-corrected chi connectivity index (χ4v) is 1.41. The molecule has 0 radical (unpaired) electrons. The second kappa shape index (κ2) is 3.34. The van der Waals surface area contributed by atoms with Crippen LogP contribution in [0, 0.1) is 5.92 Å².